The highest BCUT2D eigenvalue weighted by atomic mass is 16.6. The zero-order chi connectivity index (χ0) is 10.8. The average molecular weight is 205 g/mol. The molecule has 0 aliphatic heterocycles. The van der Waals surface area contributed by atoms with Crippen molar-refractivity contribution < 1.29 is 9.66 Å². The summed E-state index contributed by atoms with van der Waals surface area (Å²) in [5, 5.41) is 19.4. The normalized spacial score (nSPS) is 14.3. The van der Waals surface area contributed by atoms with E-state index in [1.165, 1.54) is 12.3 Å². The van der Waals surface area contributed by atoms with Crippen LogP contribution in [0.2, 0.25) is 0 Å². The number of rotatable bonds is 3. The molecule has 6 nitrogen and oxygen atoms in total. The lowest BCUT2D eigenvalue weighted by atomic mass is 10.2. The van der Waals surface area contributed by atoms with Gasteiger partial charge in [0.05, 0.1) is 6.10 Å². The van der Waals surface area contributed by atoms with Crippen molar-refractivity contribution in [3.8, 4) is 11.8 Å². The lowest BCUT2D eigenvalue weighted by molar-refractivity contribution is -0.390. The van der Waals surface area contributed by atoms with Crippen molar-refractivity contribution in [1.29, 1.82) is 5.26 Å². The molecular formula is C9H7N3O3. The molecule has 0 bridgehead atoms. The van der Waals surface area contributed by atoms with Crippen molar-refractivity contribution in [2.75, 3.05) is 0 Å². The van der Waals surface area contributed by atoms with Crippen LogP contribution in [0.15, 0.2) is 12.3 Å². The molecule has 1 saturated carbocycles. The van der Waals surface area contributed by atoms with Gasteiger partial charge in [-0.2, -0.15) is 5.26 Å². The Bertz CT molecular complexity index is 448. The third-order valence-electron chi connectivity index (χ3n) is 1.99. The van der Waals surface area contributed by atoms with E-state index in [1.54, 1.807) is 0 Å². The molecule has 0 unspecified atom stereocenters. The summed E-state index contributed by atoms with van der Waals surface area (Å²) in [6, 6.07) is 3.26. The fourth-order valence-corrected chi connectivity index (χ4v) is 1.12. The minimum absolute atomic E-state index is 0.000000000000000444. The number of hydrogen-bond donors (Lipinski definition) is 0. The predicted molar refractivity (Wildman–Crippen MR) is 49.3 cm³/mol. The summed E-state index contributed by atoms with van der Waals surface area (Å²) in [7, 11) is 0. The van der Waals surface area contributed by atoms with E-state index < -0.39 is 4.92 Å². The molecular weight excluding hydrogens is 198 g/mol. The van der Waals surface area contributed by atoms with E-state index >= 15 is 0 Å². The maximum atomic E-state index is 10.6. The Labute approximate surface area is 85.3 Å². The monoisotopic (exact) mass is 205 g/mol. The maximum Gasteiger partial charge on any atom is 0.407 e. The second kappa shape index (κ2) is 3.53. The van der Waals surface area contributed by atoms with Crippen molar-refractivity contribution in [3.63, 3.8) is 0 Å². The number of pyridine rings is 1. The van der Waals surface area contributed by atoms with Crippen LogP contribution in [-0.2, 0) is 0 Å². The van der Waals surface area contributed by atoms with Gasteiger partial charge in [0.15, 0.2) is 0 Å². The largest absolute Gasteiger partial charge is 0.481 e. The quantitative estimate of drug-likeness (QED) is 0.549. The van der Waals surface area contributed by atoms with Gasteiger partial charge in [-0.1, -0.05) is 0 Å². The fraction of sp³-hybridized carbons (Fsp3) is 0.333. The summed E-state index contributed by atoms with van der Waals surface area (Å²) in [4.78, 5) is 13.6. The second-order valence-corrected chi connectivity index (χ2v) is 3.20. The van der Waals surface area contributed by atoms with E-state index in [1.807, 2.05) is 6.07 Å². The highest BCUT2D eigenvalue weighted by Crippen LogP contribution is 2.34. The Morgan fingerprint density at radius 1 is 1.67 bits per heavy atom. The van der Waals surface area contributed by atoms with E-state index in [0.717, 1.165) is 12.8 Å². The molecule has 15 heavy (non-hydrogen) atoms. The predicted octanol–water partition coefficient (Wildman–Crippen LogP) is 1.40. The van der Waals surface area contributed by atoms with Crippen molar-refractivity contribution >= 4 is 5.82 Å². The second-order valence-electron chi connectivity index (χ2n) is 3.20. The van der Waals surface area contributed by atoms with E-state index in [-0.39, 0.29) is 23.2 Å². The van der Waals surface area contributed by atoms with Crippen LogP contribution in [0.5, 0.6) is 5.75 Å². The Kier molecular flexibility index (Phi) is 2.21. The molecule has 1 aromatic heterocycles. The van der Waals surface area contributed by atoms with Gasteiger partial charge in [-0.15, -0.1) is 0 Å². The van der Waals surface area contributed by atoms with Gasteiger partial charge in [-0.05, 0) is 22.7 Å². The van der Waals surface area contributed by atoms with Crippen molar-refractivity contribution in [3.05, 3.63) is 27.9 Å². The summed E-state index contributed by atoms with van der Waals surface area (Å²) in [5.41, 5.74) is 0.156. The number of nitriles is 1. The molecule has 0 spiro atoms. The molecule has 1 aliphatic rings. The van der Waals surface area contributed by atoms with Crippen LogP contribution in [0.3, 0.4) is 0 Å². The number of aromatic nitrogens is 1. The third kappa shape index (κ3) is 1.86. The lowest BCUT2D eigenvalue weighted by Gasteiger charge is -2.05. The molecule has 0 saturated heterocycles. The summed E-state index contributed by atoms with van der Waals surface area (Å²) in [6.07, 6.45) is 2.98. The first-order chi connectivity index (χ1) is 7.22. The summed E-state index contributed by atoms with van der Waals surface area (Å²) < 4.78 is 5.31. The van der Waals surface area contributed by atoms with Crippen LogP contribution in [0.1, 0.15) is 18.4 Å². The van der Waals surface area contributed by atoms with Crippen molar-refractivity contribution in [1.82, 2.24) is 4.98 Å². The number of ether oxygens (including phenoxy) is 1. The van der Waals surface area contributed by atoms with E-state index in [9.17, 15) is 10.1 Å². The number of nitro groups is 1. The molecule has 0 amide bonds. The molecule has 1 heterocycles. The summed E-state index contributed by atoms with van der Waals surface area (Å²) in [5.74, 6) is -0.395. The minimum atomic E-state index is -0.640. The van der Waals surface area contributed by atoms with Gasteiger partial charge in [0.2, 0.25) is 5.75 Å². The molecule has 6 heteroatoms. The molecule has 0 radical (unpaired) electrons. The van der Waals surface area contributed by atoms with Crippen molar-refractivity contribution in [2.45, 2.75) is 18.9 Å². The van der Waals surface area contributed by atoms with Gasteiger partial charge in [0.1, 0.15) is 17.8 Å². The van der Waals surface area contributed by atoms with Crippen LogP contribution in [0, 0.1) is 21.4 Å². The molecule has 2 rings (SSSR count). The highest BCUT2D eigenvalue weighted by Gasteiger charge is 2.30. The zero-order valence-corrected chi connectivity index (χ0v) is 7.71. The number of hydrogen-bond acceptors (Lipinski definition) is 5. The molecule has 1 fully saturated rings. The first-order valence-corrected chi connectivity index (χ1v) is 4.42. The molecule has 76 valence electrons. The van der Waals surface area contributed by atoms with Gasteiger partial charge in [0.25, 0.3) is 0 Å². The summed E-state index contributed by atoms with van der Waals surface area (Å²) in [6.45, 7) is 0. The molecule has 1 aliphatic carbocycles. The molecule has 0 aromatic carbocycles. The van der Waals surface area contributed by atoms with Gasteiger partial charge in [-0.25, -0.2) is 0 Å². The van der Waals surface area contributed by atoms with Crippen LogP contribution >= 0.6 is 0 Å². The minimum Gasteiger partial charge on any atom is -0.481 e. The number of nitrogens with zero attached hydrogens (tertiary/aromatic N) is 3. The Morgan fingerprint density at radius 3 is 2.93 bits per heavy atom. The van der Waals surface area contributed by atoms with Crippen molar-refractivity contribution in [2.24, 2.45) is 0 Å². The smallest absolute Gasteiger partial charge is 0.407 e. The maximum absolute atomic E-state index is 10.6. The topological polar surface area (TPSA) is 89.0 Å². The highest BCUT2D eigenvalue weighted by molar-refractivity contribution is 5.52. The van der Waals surface area contributed by atoms with E-state index in [2.05, 4.69) is 4.98 Å². The first-order valence-electron chi connectivity index (χ1n) is 4.42. The fourth-order valence-electron chi connectivity index (χ4n) is 1.12. The molecule has 1 aromatic rings. The zero-order valence-electron chi connectivity index (χ0n) is 7.71. The average Bonchev–Trinajstić information content (AvgIpc) is 3.01. The summed E-state index contributed by atoms with van der Waals surface area (Å²) >= 11 is 0. The standard InChI is InChI=1S/C9H7N3O3/c10-5-6-3-4-11-9(12(13)14)8(6)15-7-1-2-7/h3-4,7H,1-2H2. The van der Waals surface area contributed by atoms with Gasteiger partial charge >= 0.3 is 5.82 Å². The van der Waals surface area contributed by atoms with Gasteiger partial charge in [0, 0.05) is 6.07 Å². The third-order valence-corrected chi connectivity index (χ3v) is 1.99. The Hall–Kier alpha value is -2.16. The van der Waals surface area contributed by atoms with Crippen LogP contribution in [0.4, 0.5) is 5.82 Å². The first kappa shape index (κ1) is 9.40. The Balaban J connectivity index is 2.44. The van der Waals surface area contributed by atoms with E-state index in [4.69, 9.17) is 10.00 Å². The molecule has 0 N–H and O–H groups in total. The van der Waals surface area contributed by atoms with Crippen LogP contribution in [0.25, 0.3) is 0 Å². The van der Waals surface area contributed by atoms with Crippen LogP contribution < -0.4 is 4.74 Å². The van der Waals surface area contributed by atoms with E-state index in [0.29, 0.717) is 0 Å². The Morgan fingerprint density at radius 2 is 2.40 bits per heavy atom. The van der Waals surface area contributed by atoms with Crippen LogP contribution in [-0.4, -0.2) is 16.0 Å². The lowest BCUT2D eigenvalue weighted by Crippen LogP contribution is -2.03. The van der Waals surface area contributed by atoms with Gasteiger partial charge in [-0.3, -0.25) is 0 Å². The SMILES string of the molecule is N#Cc1ccnc([N+](=O)[O-])c1OC1CC1. The van der Waals surface area contributed by atoms with Gasteiger partial charge < -0.3 is 14.9 Å². The molecule has 0 atom stereocenters.